The van der Waals surface area contributed by atoms with Crippen LogP contribution in [0, 0.1) is 0 Å². The number of nitrogens with zero attached hydrogens (tertiary/aromatic N) is 1. The number of sulfonamides is 1. The number of likely N-dealkylation sites (tertiary alicyclic amines) is 1. The van der Waals surface area contributed by atoms with Crippen LogP contribution in [0.1, 0.15) is 61.0 Å². The number of carbonyl (C=O) groups is 2. The Bertz CT molecular complexity index is 1160. The second kappa shape index (κ2) is 9.55. The van der Waals surface area contributed by atoms with Crippen molar-refractivity contribution in [1.82, 2.24) is 10.2 Å². The molecule has 1 saturated heterocycles. The minimum atomic E-state index is -3.79. The Labute approximate surface area is 195 Å². The van der Waals surface area contributed by atoms with Gasteiger partial charge in [0.2, 0.25) is 5.91 Å². The van der Waals surface area contributed by atoms with Gasteiger partial charge < -0.3 is 10.2 Å². The third-order valence-corrected chi connectivity index (χ3v) is 7.62. The van der Waals surface area contributed by atoms with Crippen LogP contribution in [0.5, 0.6) is 0 Å². The van der Waals surface area contributed by atoms with Crippen LogP contribution in [0.3, 0.4) is 0 Å². The van der Waals surface area contributed by atoms with Gasteiger partial charge in [0.15, 0.2) is 0 Å². The molecule has 0 saturated carbocycles. The second-order valence-electron chi connectivity index (χ2n) is 9.14. The van der Waals surface area contributed by atoms with Crippen molar-refractivity contribution in [3.63, 3.8) is 0 Å². The Morgan fingerprint density at radius 2 is 1.76 bits per heavy atom. The Hall–Kier alpha value is -2.87. The summed E-state index contributed by atoms with van der Waals surface area (Å²) in [6.07, 6.45) is 5.46. The Balaban J connectivity index is 1.52. The van der Waals surface area contributed by atoms with E-state index in [1.807, 2.05) is 19.9 Å². The highest BCUT2D eigenvalue weighted by Gasteiger charge is 2.34. The van der Waals surface area contributed by atoms with Crippen LogP contribution in [0.15, 0.2) is 47.4 Å². The molecule has 0 aromatic heterocycles. The second-order valence-corrected chi connectivity index (χ2v) is 10.8. The highest BCUT2D eigenvalue weighted by atomic mass is 32.2. The van der Waals surface area contributed by atoms with Gasteiger partial charge in [0.05, 0.1) is 4.90 Å². The highest BCUT2D eigenvalue weighted by molar-refractivity contribution is 7.92. The van der Waals surface area contributed by atoms with Crippen molar-refractivity contribution in [1.29, 1.82) is 0 Å². The molecule has 1 aliphatic heterocycles. The van der Waals surface area contributed by atoms with Gasteiger partial charge in [-0.15, -0.1) is 0 Å². The molecule has 2 aromatic rings. The molecule has 4 rings (SSSR count). The summed E-state index contributed by atoms with van der Waals surface area (Å²) in [6, 6.07) is 11.3. The summed E-state index contributed by atoms with van der Waals surface area (Å²) in [7, 11) is -3.79. The molecule has 2 aromatic carbocycles. The maximum absolute atomic E-state index is 13.2. The Kier molecular flexibility index (Phi) is 6.74. The van der Waals surface area contributed by atoms with E-state index in [1.54, 1.807) is 35.2 Å². The maximum Gasteiger partial charge on any atom is 0.261 e. The third kappa shape index (κ3) is 5.21. The predicted octanol–water partition coefficient (Wildman–Crippen LogP) is 3.50. The summed E-state index contributed by atoms with van der Waals surface area (Å²) in [5, 5.41) is 2.88. The van der Waals surface area contributed by atoms with Crippen molar-refractivity contribution in [2.75, 3.05) is 11.3 Å². The first kappa shape index (κ1) is 23.3. The van der Waals surface area contributed by atoms with Crippen LogP contribution in [0.25, 0.3) is 0 Å². The fourth-order valence-electron chi connectivity index (χ4n) is 4.64. The van der Waals surface area contributed by atoms with E-state index >= 15 is 0 Å². The number of amides is 2. The standard InChI is InChI=1S/C25H31N3O4S/c1-17(2)26-24(29)23-11-6-14-28(23)25(30)20-9-5-10-21(15-20)27-33(31,32)22-13-12-18-7-3-4-8-19(18)16-22/h5,9-10,12-13,15-17,23,27H,3-4,6-8,11,14H2,1-2H3,(H,26,29)/t23-/m0/s1. The molecule has 8 heteroatoms. The largest absolute Gasteiger partial charge is 0.352 e. The monoisotopic (exact) mass is 469 g/mol. The lowest BCUT2D eigenvalue weighted by molar-refractivity contribution is -0.125. The molecule has 176 valence electrons. The van der Waals surface area contributed by atoms with Gasteiger partial charge in [-0.2, -0.15) is 0 Å². The van der Waals surface area contributed by atoms with Crippen molar-refractivity contribution in [3.8, 4) is 0 Å². The zero-order chi connectivity index (χ0) is 23.6. The summed E-state index contributed by atoms with van der Waals surface area (Å²) in [5.74, 6) is -0.425. The SMILES string of the molecule is CC(C)NC(=O)[C@@H]1CCCN1C(=O)c1cccc(NS(=O)(=O)c2ccc3c(c2)CCCC3)c1. The van der Waals surface area contributed by atoms with Gasteiger partial charge >= 0.3 is 0 Å². The molecule has 1 atom stereocenters. The molecule has 2 N–H and O–H groups in total. The van der Waals surface area contributed by atoms with Crippen LogP contribution >= 0.6 is 0 Å². The molecule has 0 unspecified atom stereocenters. The molecule has 0 spiro atoms. The van der Waals surface area contributed by atoms with Crippen LogP contribution in [0.4, 0.5) is 5.69 Å². The van der Waals surface area contributed by atoms with Gasteiger partial charge in [0.25, 0.3) is 15.9 Å². The first-order valence-corrected chi connectivity index (χ1v) is 13.1. The number of carbonyl (C=O) groups excluding carboxylic acids is 2. The maximum atomic E-state index is 13.2. The average Bonchev–Trinajstić information content (AvgIpc) is 3.28. The third-order valence-electron chi connectivity index (χ3n) is 6.24. The number of hydrogen-bond acceptors (Lipinski definition) is 4. The van der Waals surface area contributed by atoms with E-state index in [0.717, 1.165) is 37.7 Å². The molecule has 1 aliphatic carbocycles. The van der Waals surface area contributed by atoms with Crippen molar-refractivity contribution < 1.29 is 18.0 Å². The highest BCUT2D eigenvalue weighted by Crippen LogP contribution is 2.26. The van der Waals surface area contributed by atoms with Crippen molar-refractivity contribution in [2.24, 2.45) is 0 Å². The number of anilines is 1. The Morgan fingerprint density at radius 3 is 2.52 bits per heavy atom. The van der Waals surface area contributed by atoms with Crippen LogP contribution < -0.4 is 10.0 Å². The smallest absolute Gasteiger partial charge is 0.261 e. The number of fused-ring (bicyclic) bond motifs is 1. The van der Waals surface area contributed by atoms with Crippen LogP contribution in [0.2, 0.25) is 0 Å². The lowest BCUT2D eigenvalue weighted by Crippen LogP contribution is -2.47. The van der Waals surface area contributed by atoms with E-state index < -0.39 is 16.1 Å². The predicted molar refractivity (Wildman–Crippen MR) is 128 cm³/mol. The first-order valence-electron chi connectivity index (χ1n) is 11.6. The summed E-state index contributed by atoms with van der Waals surface area (Å²) < 4.78 is 28.6. The van der Waals surface area contributed by atoms with Crippen LogP contribution in [-0.4, -0.2) is 43.8 Å². The average molecular weight is 470 g/mol. The minimum Gasteiger partial charge on any atom is -0.352 e. The molecule has 1 fully saturated rings. The lowest BCUT2D eigenvalue weighted by Gasteiger charge is -2.25. The van der Waals surface area contributed by atoms with E-state index in [9.17, 15) is 18.0 Å². The molecule has 0 radical (unpaired) electrons. The summed E-state index contributed by atoms with van der Waals surface area (Å²) in [4.78, 5) is 27.5. The van der Waals surface area contributed by atoms with Crippen molar-refractivity contribution >= 4 is 27.5 Å². The zero-order valence-corrected chi connectivity index (χ0v) is 20.0. The lowest BCUT2D eigenvalue weighted by atomic mass is 9.92. The minimum absolute atomic E-state index is 0.00335. The number of benzene rings is 2. The normalized spacial score (nSPS) is 18.2. The molecule has 33 heavy (non-hydrogen) atoms. The van der Waals surface area contributed by atoms with E-state index in [-0.39, 0.29) is 22.8 Å². The van der Waals surface area contributed by atoms with E-state index in [0.29, 0.717) is 24.2 Å². The van der Waals surface area contributed by atoms with Crippen molar-refractivity contribution in [2.45, 2.75) is 69.4 Å². The topological polar surface area (TPSA) is 95.6 Å². The summed E-state index contributed by atoms with van der Waals surface area (Å²) in [6.45, 7) is 4.27. The molecule has 7 nitrogen and oxygen atoms in total. The van der Waals surface area contributed by atoms with Crippen LogP contribution in [-0.2, 0) is 27.7 Å². The molecule has 0 bridgehead atoms. The fraction of sp³-hybridized carbons (Fsp3) is 0.440. The zero-order valence-electron chi connectivity index (χ0n) is 19.1. The quantitative estimate of drug-likeness (QED) is 0.677. The van der Waals surface area contributed by atoms with Gasteiger partial charge in [-0.25, -0.2) is 8.42 Å². The van der Waals surface area contributed by atoms with Crippen molar-refractivity contribution in [3.05, 3.63) is 59.2 Å². The molecule has 2 aliphatic rings. The van der Waals surface area contributed by atoms with Gasteiger partial charge in [-0.3, -0.25) is 14.3 Å². The summed E-state index contributed by atoms with van der Waals surface area (Å²) in [5.41, 5.74) is 2.98. The number of rotatable bonds is 6. The number of nitrogens with one attached hydrogen (secondary N) is 2. The number of hydrogen-bond donors (Lipinski definition) is 2. The van der Waals surface area contributed by atoms with Gasteiger partial charge in [-0.1, -0.05) is 12.1 Å². The fourth-order valence-corrected chi connectivity index (χ4v) is 5.74. The number of aryl methyl sites for hydroxylation is 2. The van der Waals surface area contributed by atoms with E-state index in [1.165, 1.54) is 11.6 Å². The molecular formula is C25H31N3O4S. The van der Waals surface area contributed by atoms with E-state index in [4.69, 9.17) is 0 Å². The molecule has 1 heterocycles. The first-order chi connectivity index (χ1) is 15.7. The summed E-state index contributed by atoms with van der Waals surface area (Å²) >= 11 is 0. The van der Waals surface area contributed by atoms with Gasteiger partial charge in [0, 0.05) is 23.8 Å². The van der Waals surface area contributed by atoms with Gasteiger partial charge in [0.1, 0.15) is 6.04 Å². The van der Waals surface area contributed by atoms with Gasteiger partial charge in [-0.05, 0) is 93.8 Å². The molecule has 2 amide bonds. The Morgan fingerprint density at radius 1 is 1.00 bits per heavy atom. The molecular weight excluding hydrogens is 438 g/mol. The van der Waals surface area contributed by atoms with E-state index in [2.05, 4.69) is 10.0 Å².